The summed E-state index contributed by atoms with van der Waals surface area (Å²) in [5, 5.41) is 3.59. The molecule has 0 aliphatic heterocycles. The molecule has 0 saturated heterocycles. The van der Waals surface area contributed by atoms with Gasteiger partial charge in [-0.3, -0.25) is 0 Å². The summed E-state index contributed by atoms with van der Waals surface area (Å²) in [5.74, 6) is 1.03. The predicted octanol–water partition coefficient (Wildman–Crippen LogP) is 3.61. The Hall–Kier alpha value is -1.16. The highest BCUT2D eigenvalue weighted by Crippen LogP contribution is 2.29. The van der Waals surface area contributed by atoms with Gasteiger partial charge in [0.1, 0.15) is 5.75 Å². The molecule has 0 spiro atoms. The third-order valence-electron chi connectivity index (χ3n) is 3.62. The molecule has 106 valence electrons. The minimum Gasteiger partial charge on any atom is -0.435 e. The van der Waals surface area contributed by atoms with Crippen LogP contribution in [0.1, 0.15) is 32.3 Å². The van der Waals surface area contributed by atoms with Crippen molar-refractivity contribution in [2.45, 2.75) is 51.8 Å². The Morgan fingerprint density at radius 1 is 1.32 bits per heavy atom. The number of halogens is 2. The van der Waals surface area contributed by atoms with Crippen molar-refractivity contribution in [2.24, 2.45) is 5.92 Å². The fourth-order valence-electron chi connectivity index (χ4n) is 2.22. The molecule has 4 heteroatoms. The van der Waals surface area contributed by atoms with Crippen molar-refractivity contribution in [3.63, 3.8) is 0 Å². The maximum absolute atomic E-state index is 12.0. The Balaban J connectivity index is 1.73. The number of aryl methyl sites for hydroxylation is 1. The van der Waals surface area contributed by atoms with Crippen molar-refractivity contribution in [1.29, 1.82) is 0 Å². The quantitative estimate of drug-likeness (QED) is 0.816. The lowest BCUT2D eigenvalue weighted by atomic mass is 10.1. The molecule has 19 heavy (non-hydrogen) atoms. The number of alkyl halides is 2. The summed E-state index contributed by atoms with van der Waals surface area (Å²) in [6.45, 7) is 1.70. The number of rotatable bonds is 7. The van der Waals surface area contributed by atoms with E-state index in [2.05, 4.69) is 23.9 Å². The average Bonchev–Trinajstić information content (AvgIpc) is 3.03. The Kier molecular flexibility index (Phi) is 4.75. The lowest BCUT2D eigenvalue weighted by Gasteiger charge is -2.13. The van der Waals surface area contributed by atoms with E-state index in [0.717, 1.165) is 24.3 Å². The Bertz CT molecular complexity index is 394. The molecule has 2 nitrogen and oxygen atoms in total. The van der Waals surface area contributed by atoms with Crippen LogP contribution in [0.4, 0.5) is 8.78 Å². The van der Waals surface area contributed by atoms with Gasteiger partial charge in [-0.25, -0.2) is 0 Å². The van der Waals surface area contributed by atoms with Crippen LogP contribution in [0.5, 0.6) is 5.75 Å². The topological polar surface area (TPSA) is 21.3 Å². The van der Waals surface area contributed by atoms with Crippen LogP contribution in [0.2, 0.25) is 0 Å². The fraction of sp³-hybridized carbons (Fsp3) is 0.600. The van der Waals surface area contributed by atoms with Gasteiger partial charge in [-0.15, -0.1) is 0 Å². The third kappa shape index (κ3) is 4.78. The zero-order valence-electron chi connectivity index (χ0n) is 11.4. The van der Waals surface area contributed by atoms with Gasteiger partial charge in [0.05, 0.1) is 0 Å². The maximum Gasteiger partial charge on any atom is 0.387 e. The van der Waals surface area contributed by atoms with E-state index in [1.54, 1.807) is 12.1 Å². The normalized spacial score (nSPS) is 23.4. The number of benzene rings is 1. The van der Waals surface area contributed by atoms with Crippen molar-refractivity contribution in [3.05, 3.63) is 29.8 Å². The van der Waals surface area contributed by atoms with Gasteiger partial charge in [0.2, 0.25) is 0 Å². The van der Waals surface area contributed by atoms with Gasteiger partial charge in [-0.05, 0) is 49.8 Å². The van der Waals surface area contributed by atoms with Gasteiger partial charge in [0.25, 0.3) is 0 Å². The molecule has 0 amide bonds. The van der Waals surface area contributed by atoms with E-state index in [1.807, 2.05) is 12.1 Å². The van der Waals surface area contributed by atoms with E-state index in [1.165, 1.54) is 6.42 Å². The molecule has 1 fully saturated rings. The largest absolute Gasteiger partial charge is 0.435 e. The zero-order valence-corrected chi connectivity index (χ0v) is 11.4. The summed E-state index contributed by atoms with van der Waals surface area (Å²) in [5.41, 5.74) is 1.15. The first-order valence-electron chi connectivity index (χ1n) is 6.84. The van der Waals surface area contributed by atoms with E-state index in [4.69, 9.17) is 0 Å². The first-order valence-corrected chi connectivity index (χ1v) is 6.84. The molecule has 1 N–H and O–H groups in total. The molecule has 1 saturated carbocycles. The molecule has 3 unspecified atom stereocenters. The van der Waals surface area contributed by atoms with Gasteiger partial charge >= 0.3 is 6.61 Å². The molecule has 1 aliphatic rings. The fourth-order valence-corrected chi connectivity index (χ4v) is 2.22. The van der Waals surface area contributed by atoms with E-state index < -0.39 is 6.61 Å². The Morgan fingerprint density at radius 2 is 1.95 bits per heavy atom. The van der Waals surface area contributed by atoms with E-state index in [-0.39, 0.29) is 5.75 Å². The minimum absolute atomic E-state index is 0.219. The average molecular weight is 269 g/mol. The second-order valence-corrected chi connectivity index (χ2v) is 5.45. The van der Waals surface area contributed by atoms with Crippen LogP contribution in [-0.2, 0) is 6.42 Å². The van der Waals surface area contributed by atoms with Crippen molar-refractivity contribution in [3.8, 4) is 5.75 Å². The molecule has 0 bridgehead atoms. The molecule has 1 aromatic rings. The molecule has 1 aromatic carbocycles. The number of ether oxygens (including phenoxy) is 1. The highest BCUT2D eigenvalue weighted by Gasteiger charge is 2.32. The van der Waals surface area contributed by atoms with Gasteiger partial charge in [0.15, 0.2) is 0 Å². The van der Waals surface area contributed by atoms with Gasteiger partial charge in [-0.1, -0.05) is 19.1 Å². The molecular weight excluding hydrogens is 248 g/mol. The molecule has 0 aromatic heterocycles. The molecule has 2 rings (SSSR count). The maximum atomic E-state index is 12.0. The summed E-state index contributed by atoms with van der Waals surface area (Å²) >= 11 is 0. The molecule has 3 atom stereocenters. The van der Waals surface area contributed by atoms with Crippen LogP contribution >= 0.6 is 0 Å². The second kappa shape index (κ2) is 6.33. The SMILES string of the molecule is CC(CCc1ccc(OC(F)F)cc1)NC1CC1C. The predicted molar refractivity (Wildman–Crippen MR) is 71.6 cm³/mol. The number of hydrogen-bond donors (Lipinski definition) is 1. The lowest BCUT2D eigenvalue weighted by Crippen LogP contribution is -2.29. The first kappa shape index (κ1) is 14.3. The summed E-state index contributed by atoms with van der Waals surface area (Å²) in [6, 6.07) is 8.09. The monoisotopic (exact) mass is 269 g/mol. The van der Waals surface area contributed by atoms with E-state index in [0.29, 0.717) is 12.1 Å². The highest BCUT2D eigenvalue weighted by molar-refractivity contribution is 5.27. The second-order valence-electron chi connectivity index (χ2n) is 5.45. The van der Waals surface area contributed by atoms with Crippen LogP contribution < -0.4 is 10.1 Å². The van der Waals surface area contributed by atoms with Crippen molar-refractivity contribution < 1.29 is 13.5 Å². The first-order chi connectivity index (χ1) is 9.04. The van der Waals surface area contributed by atoms with E-state index >= 15 is 0 Å². The van der Waals surface area contributed by atoms with Crippen molar-refractivity contribution in [2.75, 3.05) is 0 Å². The number of nitrogens with one attached hydrogen (secondary N) is 1. The highest BCUT2D eigenvalue weighted by atomic mass is 19.3. The molecule has 0 heterocycles. The molecule has 1 aliphatic carbocycles. The zero-order chi connectivity index (χ0) is 13.8. The smallest absolute Gasteiger partial charge is 0.387 e. The van der Waals surface area contributed by atoms with Crippen LogP contribution in [0.3, 0.4) is 0 Å². The summed E-state index contributed by atoms with van der Waals surface area (Å²) in [6.07, 6.45) is 3.28. The van der Waals surface area contributed by atoms with Gasteiger partial charge in [0, 0.05) is 12.1 Å². The van der Waals surface area contributed by atoms with Crippen molar-refractivity contribution >= 4 is 0 Å². The van der Waals surface area contributed by atoms with Crippen LogP contribution in [0.15, 0.2) is 24.3 Å². The van der Waals surface area contributed by atoms with E-state index in [9.17, 15) is 8.78 Å². The minimum atomic E-state index is -2.75. The van der Waals surface area contributed by atoms with Crippen LogP contribution in [0, 0.1) is 5.92 Å². The summed E-state index contributed by atoms with van der Waals surface area (Å²) < 4.78 is 28.3. The lowest BCUT2D eigenvalue weighted by molar-refractivity contribution is -0.0498. The third-order valence-corrected chi connectivity index (χ3v) is 3.62. The molecular formula is C15H21F2NO. The van der Waals surface area contributed by atoms with Gasteiger partial charge in [-0.2, -0.15) is 8.78 Å². The Labute approximate surface area is 113 Å². The van der Waals surface area contributed by atoms with Crippen molar-refractivity contribution in [1.82, 2.24) is 5.32 Å². The standard InChI is InChI=1S/C15H21F2NO/c1-10-9-14(10)18-11(2)3-4-12-5-7-13(8-6-12)19-15(16)17/h5-8,10-11,14-15,18H,3-4,9H2,1-2H3. The Morgan fingerprint density at radius 3 is 2.47 bits per heavy atom. The molecule has 0 radical (unpaired) electrons. The number of hydrogen-bond acceptors (Lipinski definition) is 2. The van der Waals surface area contributed by atoms with Crippen LogP contribution in [-0.4, -0.2) is 18.7 Å². The van der Waals surface area contributed by atoms with Crippen LogP contribution in [0.25, 0.3) is 0 Å². The summed E-state index contributed by atoms with van der Waals surface area (Å²) in [7, 11) is 0. The summed E-state index contributed by atoms with van der Waals surface area (Å²) in [4.78, 5) is 0. The van der Waals surface area contributed by atoms with Gasteiger partial charge < -0.3 is 10.1 Å².